The average molecular weight is 904 g/mol. The van der Waals surface area contributed by atoms with Crippen LogP contribution < -0.4 is 0 Å². The van der Waals surface area contributed by atoms with Gasteiger partial charge in [-0.25, -0.2) is 0 Å². The molecular weight excluding hydrogens is 793 g/mol. The van der Waals surface area contributed by atoms with Crippen LogP contribution in [-0.2, 0) is 28.6 Å². The summed E-state index contributed by atoms with van der Waals surface area (Å²) in [6, 6.07) is 0. The fraction of sp³-hybridized carbons (Fsp3) is 0.914. The number of rotatable bonds is 53. The molecule has 378 valence electrons. The van der Waals surface area contributed by atoms with Crippen LogP contribution in [0.15, 0.2) is 12.2 Å². The molecule has 0 amide bonds. The van der Waals surface area contributed by atoms with Crippen LogP contribution in [0, 0.1) is 0 Å². The molecule has 6 nitrogen and oxygen atoms in total. The van der Waals surface area contributed by atoms with Gasteiger partial charge in [-0.2, -0.15) is 0 Å². The lowest BCUT2D eigenvalue weighted by molar-refractivity contribution is -0.167. The summed E-state index contributed by atoms with van der Waals surface area (Å²) in [6.45, 7) is 6.67. The fourth-order valence-corrected chi connectivity index (χ4v) is 8.68. The van der Waals surface area contributed by atoms with Crippen molar-refractivity contribution >= 4 is 17.9 Å². The molecule has 0 fully saturated rings. The van der Waals surface area contributed by atoms with Crippen molar-refractivity contribution in [2.45, 2.75) is 329 Å². The molecule has 0 spiro atoms. The molecule has 0 aliphatic heterocycles. The average Bonchev–Trinajstić information content (AvgIpc) is 3.29. The van der Waals surface area contributed by atoms with Crippen molar-refractivity contribution in [2.75, 3.05) is 13.2 Å². The van der Waals surface area contributed by atoms with E-state index < -0.39 is 6.10 Å². The topological polar surface area (TPSA) is 78.9 Å². The van der Waals surface area contributed by atoms with Gasteiger partial charge in [-0.3, -0.25) is 14.4 Å². The van der Waals surface area contributed by atoms with E-state index in [9.17, 15) is 14.4 Å². The summed E-state index contributed by atoms with van der Waals surface area (Å²) < 4.78 is 16.8. The molecule has 0 saturated heterocycles. The predicted octanol–water partition coefficient (Wildman–Crippen LogP) is 18.9. The Hall–Kier alpha value is -1.85. The summed E-state index contributed by atoms with van der Waals surface area (Å²) in [4.78, 5) is 38.0. The third-order valence-corrected chi connectivity index (χ3v) is 13.0. The number of esters is 3. The summed E-state index contributed by atoms with van der Waals surface area (Å²) in [5, 5.41) is 0. The molecule has 0 aliphatic carbocycles. The molecule has 0 aromatic rings. The van der Waals surface area contributed by atoms with Gasteiger partial charge in [0.1, 0.15) is 13.2 Å². The number of hydrogen-bond acceptors (Lipinski definition) is 6. The first-order valence-electron chi connectivity index (χ1n) is 28.7. The molecule has 0 heterocycles. The lowest BCUT2D eigenvalue weighted by Crippen LogP contribution is -2.30. The van der Waals surface area contributed by atoms with Crippen molar-refractivity contribution < 1.29 is 28.6 Å². The number of carbonyl (C=O) groups excluding carboxylic acids is 3. The first-order valence-corrected chi connectivity index (χ1v) is 28.7. The van der Waals surface area contributed by atoms with Gasteiger partial charge in [-0.05, 0) is 44.9 Å². The van der Waals surface area contributed by atoms with E-state index in [4.69, 9.17) is 14.2 Å². The minimum Gasteiger partial charge on any atom is -0.462 e. The van der Waals surface area contributed by atoms with Crippen LogP contribution in [0.4, 0.5) is 0 Å². The van der Waals surface area contributed by atoms with Crippen LogP contribution in [-0.4, -0.2) is 37.2 Å². The van der Waals surface area contributed by atoms with Crippen molar-refractivity contribution in [3.63, 3.8) is 0 Å². The predicted molar refractivity (Wildman–Crippen MR) is 275 cm³/mol. The molecule has 0 aromatic heterocycles. The Bertz CT molecular complexity index is 993. The van der Waals surface area contributed by atoms with E-state index in [2.05, 4.69) is 32.9 Å². The molecule has 64 heavy (non-hydrogen) atoms. The smallest absolute Gasteiger partial charge is 0.306 e. The van der Waals surface area contributed by atoms with Gasteiger partial charge < -0.3 is 14.2 Å². The Kier molecular flexibility index (Phi) is 52.2. The zero-order chi connectivity index (χ0) is 46.5. The SMILES string of the molecule is CCCCCCCC/C=C\CCCCCCCCCC(=O)OC(COC(=O)CCCCCCCCCCCC)COC(=O)CCCCCCCCCCCCCCCCCCCCC. The molecule has 0 aromatic carbocycles. The Morgan fingerprint density at radius 3 is 0.781 bits per heavy atom. The summed E-state index contributed by atoms with van der Waals surface area (Å²) in [6.07, 6.45) is 60.6. The summed E-state index contributed by atoms with van der Waals surface area (Å²) in [7, 11) is 0. The molecule has 0 saturated carbocycles. The lowest BCUT2D eigenvalue weighted by atomic mass is 10.0. The minimum atomic E-state index is -0.766. The van der Waals surface area contributed by atoms with Gasteiger partial charge in [0.15, 0.2) is 6.10 Å². The summed E-state index contributed by atoms with van der Waals surface area (Å²) in [5.74, 6) is -0.850. The van der Waals surface area contributed by atoms with Gasteiger partial charge in [0.25, 0.3) is 0 Å². The second-order valence-electron chi connectivity index (χ2n) is 19.6. The van der Waals surface area contributed by atoms with Crippen molar-refractivity contribution in [1.29, 1.82) is 0 Å². The zero-order valence-electron chi connectivity index (χ0n) is 43.3. The van der Waals surface area contributed by atoms with Gasteiger partial charge in [-0.15, -0.1) is 0 Å². The molecule has 0 N–H and O–H groups in total. The highest BCUT2D eigenvalue weighted by molar-refractivity contribution is 5.71. The van der Waals surface area contributed by atoms with Crippen LogP contribution in [0.1, 0.15) is 323 Å². The highest BCUT2D eigenvalue weighted by atomic mass is 16.6. The van der Waals surface area contributed by atoms with Gasteiger partial charge in [0, 0.05) is 19.3 Å². The fourth-order valence-electron chi connectivity index (χ4n) is 8.68. The van der Waals surface area contributed by atoms with E-state index in [0.29, 0.717) is 19.3 Å². The molecule has 1 atom stereocenters. The number of ether oxygens (including phenoxy) is 3. The monoisotopic (exact) mass is 903 g/mol. The maximum atomic E-state index is 12.8. The number of carbonyl (C=O) groups is 3. The second-order valence-corrected chi connectivity index (χ2v) is 19.6. The number of unbranched alkanes of at least 4 members (excludes halogenated alkanes) is 40. The van der Waals surface area contributed by atoms with Crippen molar-refractivity contribution in [3.05, 3.63) is 12.2 Å². The quantitative estimate of drug-likeness (QED) is 0.0262. The van der Waals surface area contributed by atoms with E-state index in [1.54, 1.807) is 0 Å². The normalized spacial score (nSPS) is 12.0. The maximum Gasteiger partial charge on any atom is 0.306 e. The molecule has 0 rings (SSSR count). The van der Waals surface area contributed by atoms with E-state index in [1.165, 1.54) is 225 Å². The van der Waals surface area contributed by atoms with Crippen molar-refractivity contribution in [3.8, 4) is 0 Å². The van der Waals surface area contributed by atoms with Crippen molar-refractivity contribution in [2.24, 2.45) is 0 Å². The summed E-state index contributed by atoms with van der Waals surface area (Å²) >= 11 is 0. The Morgan fingerprint density at radius 2 is 0.516 bits per heavy atom. The Labute approximate surface area is 399 Å². The Morgan fingerprint density at radius 1 is 0.297 bits per heavy atom. The largest absolute Gasteiger partial charge is 0.462 e. The van der Waals surface area contributed by atoms with Crippen LogP contribution >= 0.6 is 0 Å². The zero-order valence-corrected chi connectivity index (χ0v) is 43.3. The molecular formula is C58H110O6. The highest BCUT2D eigenvalue weighted by Gasteiger charge is 2.19. The highest BCUT2D eigenvalue weighted by Crippen LogP contribution is 2.17. The van der Waals surface area contributed by atoms with E-state index >= 15 is 0 Å². The van der Waals surface area contributed by atoms with Crippen LogP contribution in [0.2, 0.25) is 0 Å². The first-order chi connectivity index (χ1) is 31.5. The summed E-state index contributed by atoms with van der Waals surface area (Å²) in [5.41, 5.74) is 0. The third-order valence-electron chi connectivity index (χ3n) is 13.0. The van der Waals surface area contributed by atoms with Gasteiger partial charge >= 0.3 is 17.9 Å². The third kappa shape index (κ3) is 51.1. The number of allylic oxidation sites excluding steroid dienone is 2. The number of hydrogen-bond donors (Lipinski definition) is 0. The standard InChI is InChI=1S/C58H110O6/c1-4-7-10-13-16-19-22-24-26-28-29-31-32-34-36-39-42-45-48-51-57(60)63-54-55(53-62-56(59)50-47-44-41-38-21-18-15-12-9-6-3)64-58(61)52-49-46-43-40-37-35-33-30-27-25-23-20-17-14-11-8-5-2/h25,27,55H,4-24,26,28-54H2,1-3H3/b27-25-. The van der Waals surface area contributed by atoms with Gasteiger partial charge in [-0.1, -0.05) is 270 Å². The van der Waals surface area contributed by atoms with Crippen LogP contribution in [0.5, 0.6) is 0 Å². The van der Waals surface area contributed by atoms with Crippen LogP contribution in [0.3, 0.4) is 0 Å². The maximum absolute atomic E-state index is 12.8. The lowest BCUT2D eigenvalue weighted by Gasteiger charge is -2.18. The first kappa shape index (κ1) is 62.1. The molecule has 0 aliphatic rings. The minimum absolute atomic E-state index is 0.0660. The van der Waals surface area contributed by atoms with E-state index in [1.807, 2.05) is 0 Å². The van der Waals surface area contributed by atoms with Gasteiger partial charge in [0.2, 0.25) is 0 Å². The van der Waals surface area contributed by atoms with E-state index in [0.717, 1.165) is 57.8 Å². The van der Waals surface area contributed by atoms with Crippen LogP contribution in [0.25, 0.3) is 0 Å². The molecule has 6 heteroatoms. The molecule has 1 unspecified atom stereocenters. The second kappa shape index (κ2) is 53.8. The molecule has 0 radical (unpaired) electrons. The van der Waals surface area contributed by atoms with Gasteiger partial charge in [0.05, 0.1) is 0 Å². The molecule has 0 bridgehead atoms. The Balaban J connectivity index is 4.25. The van der Waals surface area contributed by atoms with Crippen molar-refractivity contribution in [1.82, 2.24) is 0 Å². The van der Waals surface area contributed by atoms with E-state index in [-0.39, 0.29) is 31.1 Å².